The Bertz CT molecular complexity index is 751. The average molecular weight is 357 g/mol. The van der Waals surface area contributed by atoms with E-state index >= 15 is 0 Å². The van der Waals surface area contributed by atoms with Crippen LogP contribution in [0, 0.1) is 19.8 Å². The Kier molecular flexibility index (Phi) is 5.77. The second-order valence-corrected chi connectivity index (χ2v) is 7.29. The zero-order valence-corrected chi connectivity index (χ0v) is 15.6. The Labute approximate surface area is 155 Å². The van der Waals surface area contributed by atoms with Crippen molar-refractivity contribution in [1.29, 1.82) is 0 Å². The highest BCUT2D eigenvalue weighted by Crippen LogP contribution is 2.24. The molecule has 0 spiro atoms. The van der Waals surface area contributed by atoms with Gasteiger partial charge in [-0.2, -0.15) is 0 Å². The number of aryl methyl sites for hydroxylation is 1. The Morgan fingerprint density at radius 3 is 2.56 bits per heavy atom. The van der Waals surface area contributed by atoms with Gasteiger partial charge in [-0.15, -0.1) is 0 Å². The van der Waals surface area contributed by atoms with Crippen LogP contribution in [-0.4, -0.2) is 23.9 Å². The minimum atomic E-state index is 0.0856. The standard InChI is InChI=1S/C21H25ClN2O/c1-15-6-5-9-20(16(15)2)23-21(25)17-10-12-24(13-11-17)14-18-7-3-4-8-19(18)22/h3-9,17H,10-14H2,1-2H3,(H,23,25). The van der Waals surface area contributed by atoms with Gasteiger partial charge < -0.3 is 5.32 Å². The van der Waals surface area contributed by atoms with Gasteiger partial charge in [0.2, 0.25) is 5.91 Å². The van der Waals surface area contributed by atoms with E-state index < -0.39 is 0 Å². The van der Waals surface area contributed by atoms with E-state index in [0.29, 0.717) is 0 Å². The molecule has 25 heavy (non-hydrogen) atoms. The molecule has 0 atom stereocenters. The summed E-state index contributed by atoms with van der Waals surface area (Å²) in [7, 11) is 0. The number of nitrogens with one attached hydrogen (secondary N) is 1. The van der Waals surface area contributed by atoms with Crippen LogP contribution >= 0.6 is 11.6 Å². The Morgan fingerprint density at radius 1 is 1.12 bits per heavy atom. The quantitative estimate of drug-likeness (QED) is 0.852. The molecule has 0 radical (unpaired) electrons. The maximum atomic E-state index is 12.6. The zero-order valence-electron chi connectivity index (χ0n) is 14.9. The van der Waals surface area contributed by atoms with E-state index in [1.54, 1.807) is 0 Å². The van der Waals surface area contributed by atoms with Gasteiger partial charge >= 0.3 is 0 Å². The molecule has 0 bridgehead atoms. The lowest BCUT2D eigenvalue weighted by Crippen LogP contribution is -2.37. The molecule has 0 aliphatic carbocycles. The summed E-state index contributed by atoms with van der Waals surface area (Å²) in [4.78, 5) is 15.0. The number of hydrogen-bond acceptors (Lipinski definition) is 2. The van der Waals surface area contributed by atoms with E-state index in [-0.39, 0.29) is 11.8 Å². The molecule has 0 unspecified atom stereocenters. The number of rotatable bonds is 4. The predicted octanol–water partition coefficient (Wildman–Crippen LogP) is 4.81. The molecule has 132 valence electrons. The number of carbonyl (C=O) groups excluding carboxylic acids is 1. The van der Waals surface area contributed by atoms with Crippen LogP contribution in [0.3, 0.4) is 0 Å². The second kappa shape index (κ2) is 8.03. The van der Waals surface area contributed by atoms with Gasteiger partial charge in [0.1, 0.15) is 0 Å². The summed E-state index contributed by atoms with van der Waals surface area (Å²) in [5, 5.41) is 3.93. The smallest absolute Gasteiger partial charge is 0.227 e. The molecule has 4 heteroatoms. The number of halogens is 1. The van der Waals surface area contributed by atoms with Crippen LogP contribution in [0.1, 0.15) is 29.5 Å². The van der Waals surface area contributed by atoms with Gasteiger partial charge in [0.25, 0.3) is 0 Å². The van der Waals surface area contributed by atoms with Crippen molar-refractivity contribution in [3.63, 3.8) is 0 Å². The molecule has 2 aromatic carbocycles. The third kappa shape index (κ3) is 4.42. The predicted molar refractivity (Wildman–Crippen MR) is 104 cm³/mol. The fourth-order valence-corrected chi connectivity index (χ4v) is 3.54. The molecular weight excluding hydrogens is 332 g/mol. The highest BCUT2D eigenvalue weighted by atomic mass is 35.5. The summed E-state index contributed by atoms with van der Waals surface area (Å²) < 4.78 is 0. The molecule has 1 aliphatic rings. The highest BCUT2D eigenvalue weighted by Gasteiger charge is 2.25. The van der Waals surface area contributed by atoms with E-state index in [1.807, 2.05) is 30.3 Å². The first-order valence-electron chi connectivity index (χ1n) is 8.87. The van der Waals surface area contributed by atoms with E-state index in [4.69, 9.17) is 11.6 Å². The number of benzene rings is 2. The molecule has 1 fully saturated rings. The number of amides is 1. The largest absolute Gasteiger partial charge is 0.326 e. The van der Waals surface area contributed by atoms with Gasteiger partial charge in [0, 0.05) is 23.2 Å². The summed E-state index contributed by atoms with van der Waals surface area (Å²) in [5.41, 5.74) is 4.44. The first-order valence-corrected chi connectivity index (χ1v) is 9.25. The van der Waals surface area contributed by atoms with Crippen LogP contribution in [0.2, 0.25) is 5.02 Å². The number of anilines is 1. The summed E-state index contributed by atoms with van der Waals surface area (Å²) in [6, 6.07) is 14.0. The minimum absolute atomic E-state index is 0.0856. The van der Waals surface area contributed by atoms with Crippen molar-refractivity contribution >= 4 is 23.2 Å². The van der Waals surface area contributed by atoms with Gasteiger partial charge in [-0.05, 0) is 68.6 Å². The molecule has 0 saturated carbocycles. The van der Waals surface area contributed by atoms with Crippen molar-refractivity contribution in [3.05, 3.63) is 64.2 Å². The fourth-order valence-electron chi connectivity index (χ4n) is 3.34. The van der Waals surface area contributed by atoms with Crippen molar-refractivity contribution in [2.45, 2.75) is 33.2 Å². The molecule has 3 nitrogen and oxygen atoms in total. The molecule has 0 aromatic heterocycles. The molecule has 3 rings (SSSR count). The monoisotopic (exact) mass is 356 g/mol. The third-order valence-corrected chi connectivity index (χ3v) is 5.54. The lowest BCUT2D eigenvalue weighted by atomic mass is 9.95. The first kappa shape index (κ1) is 18.0. The number of piperidine rings is 1. The molecule has 1 N–H and O–H groups in total. The molecule has 2 aromatic rings. The van der Waals surface area contributed by atoms with Crippen molar-refractivity contribution in [2.75, 3.05) is 18.4 Å². The van der Waals surface area contributed by atoms with E-state index in [9.17, 15) is 4.79 Å². The molecule has 1 saturated heterocycles. The van der Waals surface area contributed by atoms with E-state index in [1.165, 1.54) is 5.56 Å². The van der Waals surface area contributed by atoms with Crippen LogP contribution in [0.25, 0.3) is 0 Å². The Balaban J connectivity index is 1.54. The summed E-state index contributed by atoms with van der Waals surface area (Å²) in [6.07, 6.45) is 1.78. The van der Waals surface area contributed by atoms with Crippen molar-refractivity contribution in [1.82, 2.24) is 4.90 Å². The SMILES string of the molecule is Cc1cccc(NC(=O)C2CCN(Cc3ccccc3Cl)CC2)c1C. The third-order valence-electron chi connectivity index (χ3n) is 5.17. The topological polar surface area (TPSA) is 32.3 Å². The van der Waals surface area contributed by atoms with E-state index in [2.05, 4.69) is 36.2 Å². The minimum Gasteiger partial charge on any atom is -0.326 e. The second-order valence-electron chi connectivity index (χ2n) is 6.88. The maximum absolute atomic E-state index is 12.6. The lowest BCUT2D eigenvalue weighted by molar-refractivity contribution is -0.121. The van der Waals surface area contributed by atoms with Crippen LogP contribution < -0.4 is 5.32 Å². The number of hydrogen-bond donors (Lipinski definition) is 1. The average Bonchev–Trinajstić information content (AvgIpc) is 2.61. The van der Waals surface area contributed by atoms with Crippen molar-refractivity contribution < 1.29 is 4.79 Å². The van der Waals surface area contributed by atoms with Gasteiger partial charge in [0.05, 0.1) is 0 Å². The molecule has 1 amide bonds. The van der Waals surface area contributed by atoms with Gasteiger partial charge in [-0.25, -0.2) is 0 Å². The van der Waals surface area contributed by atoms with Crippen LogP contribution in [0.4, 0.5) is 5.69 Å². The van der Waals surface area contributed by atoms with Crippen LogP contribution in [0.5, 0.6) is 0 Å². The summed E-state index contributed by atoms with van der Waals surface area (Å²) >= 11 is 6.25. The summed E-state index contributed by atoms with van der Waals surface area (Å²) in [5.74, 6) is 0.230. The van der Waals surface area contributed by atoms with E-state index in [0.717, 1.165) is 54.3 Å². The number of carbonyl (C=O) groups is 1. The fraction of sp³-hybridized carbons (Fsp3) is 0.381. The zero-order chi connectivity index (χ0) is 17.8. The molecule has 1 aliphatic heterocycles. The Morgan fingerprint density at radius 2 is 1.84 bits per heavy atom. The van der Waals surface area contributed by atoms with Gasteiger partial charge in [-0.3, -0.25) is 9.69 Å². The van der Waals surface area contributed by atoms with Gasteiger partial charge in [-0.1, -0.05) is 41.9 Å². The Hall–Kier alpha value is -1.84. The van der Waals surface area contributed by atoms with Crippen LogP contribution in [-0.2, 0) is 11.3 Å². The maximum Gasteiger partial charge on any atom is 0.227 e. The number of likely N-dealkylation sites (tertiary alicyclic amines) is 1. The summed E-state index contributed by atoms with van der Waals surface area (Å²) in [6.45, 7) is 6.83. The van der Waals surface area contributed by atoms with Crippen molar-refractivity contribution in [2.24, 2.45) is 5.92 Å². The molecular formula is C21H25ClN2O. The number of nitrogens with zero attached hydrogens (tertiary/aromatic N) is 1. The first-order chi connectivity index (χ1) is 12.0. The normalized spacial score (nSPS) is 16.0. The lowest BCUT2D eigenvalue weighted by Gasteiger charge is -2.31. The van der Waals surface area contributed by atoms with Crippen LogP contribution in [0.15, 0.2) is 42.5 Å². The van der Waals surface area contributed by atoms with Crippen molar-refractivity contribution in [3.8, 4) is 0 Å². The highest BCUT2D eigenvalue weighted by molar-refractivity contribution is 6.31. The van der Waals surface area contributed by atoms with Gasteiger partial charge in [0.15, 0.2) is 0 Å². The molecule has 1 heterocycles.